The first-order valence-electron chi connectivity index (χ1n) is 9.18. The molecule has 0 spiro atoms. The molecule has 1 aromatic heterocycles. The monoisotopic (exact) mass is 367 g/mol. The van der Waals surface area contributed by atoms with Gasteiger partial charge in [-0.25, -0.2) is 4.79 Å². The van der Waals surface area contributed by atoms with Crippen LogP contribution < -0.4 is 9.47 Å². The Balaban J connectivity index is 1.52. The average molecular weight is 367 g/mol. The molecule has 1 aromatic carbocycles. The molecule has 5 heteroatoms. The topological polar surface area (TPSA) is 57.7 Å². The van der Waals surface area contributed by atoms with Crippen LogP contribution in [-0.2, 0) is 22.4 Å². The molecule has 5 nitrogen and oxygen atoms in total. The molecule has 0 bridgehead atoms. The minimum absolute atomic E-state index is 0.164. The molecule has 0 radical (unpaired) electrons. The van der Waals surface area contributed by atoms with Gasteiger partial charge < -0.3 is 14.2 Å². The van der Waals surface area contributed by atoms with Gasteiger partial charge in [-0.3, -0.25) is 4.98 Å². The standard InChI is InChI=1S/C22H25NO4/c1-15-9-17(14-23-13-15)5-4-8-26-22(24)7-6-18-11-21-19(10-16(2)27-21)12-20(18)25-3/h6-7,9,11-14,16H,4-5,8,10H2,1-3H3/b7-6+. The van der Waals surface area contributed by atoms with Crippen molar-refractivity contribution in [1.82, 2.24) is 4.98 Å². The van der Waals surface area contributed by atoms with E-state index in [1.807, 2.05) is 38.4 Å². The van der Waals surface area contributed by atoms with Crippen molar-refractivity contribution in [3.05, 3.63) is 58.9 Å². The summed E-state index contributed by atoms with van der Waals surface area (Å²) in [4.78, 5) is 16.1. The third-order valence-corrected chi connectivity index (χ3v) is 4.43. The zero-order valence-corrected chi connectivity index (χ0v) is 16.0. The highest BCUT2D eigenvalue weighted by molar-refractivity contribution is 5.87. The van der Waals surface area contributed by atoms with E-state index in [-0.39, 0.29) is 12.1 Å². The predicted molar refractivity (Wildman–Crippen MR) is 104 cm³/mol. The molecule has 0 amide bonds. The van der Waals surface area contributed by atoms with E-state index in [1.54, 1.807) is 13.2 Å². The number of esters is 1. The van der Waals surface area contributed by atoms with Gasteiger partial charge in [-0.2, -0.15) is 0 Å². The smallest absolute Gasteiger partial charge is 0.330 e. The zero-order valence-electron chi connectivity index (χ0n) is 16.0. The van der Waals surface area contributed by atoms with Crippen molar-refractivity contribution in [2.45, 2.75) is 39.2 Å². The molecule has 0 saturated heterocycles. The van der Waals surface area contributed by atoms with E-state index in [0.717, 1.165) is 53.0 Å². The third kappa shape index (κ3) is 5.09. The summed E-state index contributed by atoms with van der Waals surface area (Å²) < 4.78 is 16.5. The lowest BCUT2D eigenvalue weighted by molar-refractivity contribution is -0.137. The molecule has 0 fully saturated rings. The van der Waals surface area contributed by atoms with Crippen LogP contribution in [0.3, 0.4) is 0 Å². The molecule has 0 saturated carbocycles. The number of pyridine rings is 1. The number of hydrogen-bond donors (Lipinski definition) is 0. The second-order valence-electron chi connectivity index (χ2n) is 6.81. The van der Waals surface area contributed by atoms with Crippen molar-refractivity contribution in [1.29, 1.82) is 0 Å². The van der Waals surface area contributed by atoms with Crippen LogP contribution in [0, 0.1) is 6.92 Å². The van der Waals surface area contributed by atoms with Crippen LogP contribution in [0.25, 0.3) is 6.08 Å². The Hall–Kier alpha value is -2.82. The number of carbonyl (C=O) groups is 1. The largest absolute Gasteiger partial charge is 0.496 e. The fourth-order valence-corrected chi connectivity index (χ4v) is 3.17. The predicted octanol–water partition coefficient (Wildman–Crippen LogP) is 3.91. The van der Waals surface area contributed by atoms with Crippen molar-refractivity contribution >= 4 is 12.0 Å². The van der Waals surface area contributed by atoms with Crippen molar-refractivity contribution < 1.29 is 19.0 Å². The molecule has 2 heterocycles. The molecule has 3 rings (SSSR count). The van der Waals surface area contributed by atoms with Crippen LogP contribution in [0.2, 0.25) is 0 Å². The fraction of sp³-hybridized carbons (Fsp3) is 0.364. The first-order valence-corrected chi connectivity index (χ1v) is 9.18. The highest BCUT2D eigenvalue weighted by atomic mass is 16.5. The summed E-state index contributed by atoms with van der Waals surface area (Å²) in [5.74, 6) is 1.21. The lowest BCUT2D eigenvalue weighted by atomic mass is 10.1. The third-order valence-electron chi connectivity index (χ3n) is 4.43. The highest BCUT2D eigenvalue weighted by Gasteiger charge is 2.21. The second kappa shape index (κ2) is 8.71. The van der Waals surface area contributed by atoms with Gasteiger partial charge in [0, 0.05) is 36.0 Å². The summed E-state index contributed by atoms with van der Waals surface area (Å²) >= 11 is 0. The van der Waals surface area contributed by atoms with Crippen LogP contribution in [-0.4, -0.2) is 30.8 Å². The van der Waals surface area contributed by atoms with Crippen molar-refractivity contribution in [3.8, 4) is 11.5 Å². The zero-order chi connectivity index (χ0) is 19.2. The Morgan fingerprint density at radius 2 is 2.19 bits per heavy atom. The van der Waals surface area contributed by atoms with E-state index in [0.29, 0.717) is 6.61 Å². The molecule has 1 aliphatic rings. The summed E-state index contributed by atoms with van der Waals surface area (Å²) in [5.41, 5.74) is 4.21. The van der Waals surface area contributed by atoms with Crippen LogP contribution in [0.15, 0.2) is 36.7 Å². The molecule has 142 valence electrons. The summed E-state index contributed by atoms with van der Waals surface area (Å²) in [6, 6.07) is 5.98. The number of carbonyl (C=O) groups excluding carboxylic acids is 1. The number of ether oxygens (including phenoxy) is 3. The first kappa shape index (κ1) is 19.0. The van der Waals surface area contributed by atoms with Gasteiger partial charge in [-0.05, 0) is 56.0 Å². The number of methoxy groups -OCH3 is 1. The number of fused-ring (bicyclic) bond motifs is 1. The number of rotatable bonds is 7. The minimum atomic E-state index is -0.366. The summed E-state index contributed by atoms with van der Waals surface area (Å²) in [6.07, 6.45) is 9.43. The van der Waals surface area contributed by atoms with Crippen LogP contribution >= 0.6 is 0 Å². The molecule has 0 N–H and O–H groups in total. The first-order chi connectivity index (χ1) is 13.0. The van der Waals surface area contributed by atoms with Gasteiger partial charge in [0.05, 0.1) is 13.7 Å². The molecule has 1 aliphatic heterocycles. The van der Waals surface area contributed by atoms with Crippen molar-refractivity contribution in [3.63, 3.8) is 0 Å². The maximum atomic E-state index is 12.0. The van der Waals surface area contributed by atoms with Gasteiger partial charge in [0.15, 0.2) is 0 Å². The number of aryl methyl sites for hydroxylation is 2. The van der Waals surface area contributed by atoms with Gasteiger partial charge in [0.2, 0.25) is 0 Å². The molecule has 1 unspecified atom stereocenters. The molecule has 27 heavy (non-hydrogen) atoms. The Labute approximate surface area is 160 Å². The van der Waals surface area contributed by atoms with E-state index >= 15 is 0 Å². The Morgan fingerprint density at radius 1 is 1.33 bits per heavy atom. The number of aromatic nitrogens is 1. The van der Waals surface area contributed by atoms with Gasteiger partial charge in [0.1, 0.15) is 17.6 Å². The maximum absolute atomic E-state index is 12.0. The molecular weight excluding hydrogens is 342 g/mol. The Morgan fingerprint density at radius 3 is 2.96 bits per heavy atom. The summed E-state index contributed by atoms with van der Waals surface area (Å²) in [6.45, 7) is 4.42. The van der Waals surface area contributed by atoms with Crippen LogP contribution in [0.1, 0.15) is 35.6 Å². The molecule has 2 aromatic rings. The van der Waals surface area contributed by atoms with E-state index in [2.05, 4.69) is 11.1 Å². The highest BCUT2D eigenvalue weighted by Crippen LogP contribution is 2.35. The SMILES string of the molecule is COc1cc2c(cc1/C=C/C(=O)OCCCc1cncc(C)c1)OC(C)C2. The lowest BCUT2D eigenvalue weighted by Crippen LogP contribution is -2.05. The second-order valence-corrected chi connectivity index (χ2v) is 6.81. The summed E-state index contributed by atoms with van der Waals surface area (Å²) in [5, 5.41) is 0. The average Bonchev–Trinajstić information content (AvgIpc) is 3.01. The minimum Gasteiger partial charge on any atom is -0.496 e. The fourth-order valence-electron chi connectivity index (χ4n) is 3.17. The molecule has 1 atom stereocenters. The summed E-state index contributed by atoms with van der Waals surface area (Å²) in [7, 11) is 1.62. The van der Waals surface area contributed by atoms with Crippen molar-refractivity contribution in [2.75, 3.05) is 13.7 Å². The quantitative estimate of drug-likeness (QED) is 0.422. The van der Waals surface area contributed by atoms with E-state index in [4.69, 9.17) is 14.2 Å². The van der Waals surface area contributed by atoms with Gasteiger partial charge >= 0.3 is 5.97 Å². The number of nitrogens with zero attached hydrogens (tertiary/aromatic N) is 1. The van der Waals surface area contributed by atoms with E-state index in [1.165, 1.54) is 6.08 Å². The van der Waals surface area contributed by atoms with E-state index < -0.39 is 0 Å². The number of benzene rings is 1. The van der Waals surface area contributed by atoms with Gasteiger partial charge in [-0.1, -0.05) is 6.07 Å². The Bertz CT molecular complexity index is 844. The van der Waals surface area contributed by atoms with Crippen LogP contribution in [0.4, 0.5) is 0 Å². The van der Waals surface area contributed by atoms with Gasteiger partial charge in [0.25, 0.3) is 0 Å². The molecular formula is C22H25NO4. The van der Waals surface area contributed by atoms with E-state index in [9.17, 15) is 4.79 Å². The molecule has 0 aliphatic carbocycles. The van der Waals surface area contributed by atoms with Gasteiger partial charge in [-0.15, -0.1) is 0 Å². The van der Waals surface area contributed by atoms with Crippen molar-refractivity contribution in [2.24, 2.45) is 0 Å². The maximum Gasteiger partial charge on any atom is 0.330 e. The Kier molecular flexibility index (Phi) is 6.12. The lowest BCUT2D eigenvalue weighted by Gasteiger charge is -2.08. The number of hydrogen-bond acceptors (Lipinski definition) is 5. The van der Waals surface area contributed by atoms with Crippen LogP contribution in [0.5, 0.6) is 11.5 Å². The normalized spacial score (nSPS) is 15.4.